The standard InChI is InChI=1S/C17H22N2O3S/c18-16(20)12-3-1-4-13(9-12)17(21)19(14-6-8-23-11-14)10-15-5-2-7-22-15/h1,3-4,9,14-15H,2,5-8,10-11H2,(H2,18,20)/t14-,15-/m0/s1. The van der Waals surface area contributed by atoms with E-state index in [1.165, 1.54) is 0 Å². The van der Waals surface area contributed by atoms with Crippen molar-refractivity contribution in [3.05, 3.63) is 35.4 Å². The van der Waals surface area contributed by atoms with E-state index in [0.29, 0.717) is 17.7 Å². The summed E-state index contributed by atoms with van der Waals surface area (Å²) in [6, 6.07) is 6.93. The summed E-state index contributed by atoms with van der Waals surface area (Å²) in [7, 11) is 0. The molecular weight excluding hydrogens is 312 g/mol. The molecule has 2 aliphatic heterocycles. The van der Waals surface area contributed by atoms with Crippen LogP contribution in [0.1, 0.15) is 40.0 Å². The molecule has 1 aromatic carbocycles. The summed E-state index contributed by atoms with van der Waals surface area (Å²) in [6.07, 6.45) is 3.20. The van der Waals surface area contributed by atoms with Crippen molar-refractivity contribution in [1.29, 1.82) is 0 Å². The average molecular weight is 334 g/mol. The lowest BCUT2D eigenvalue weighted by molar-refractivity contribution is 0.0442. The maximum atomic E-state index is 13.0. The summed E-state index contributed by atoms with van der Waals surface area (Å²) >= 11 is 1.88. The van der Waals surface area contributed by atoms with Crippen LogP contribution in [0.4, 0.5) is 0 Å². The molecule has 6 heteroatoms. The van der Waals surface area contributed by atoms with Crippen molar-refractivity contribution in [2.45, 2.75) is 31.4 Å². The number of benzene rings is 1. The van der Waals surface area contributed by atoms with Crippen LogP contribution in [-0.4, -0.2) is 53.5 Å². The SMILES string of the molecule is NC(=O)c1cccc(C(=O)N(C[C@@H]2CCCO2)[C@H]2CCSC2)c1. The molecule has 2 amide bonds. The van der Waals surface area contributed by atoms with E-state index in [2.05, 4.69) is 0 Å². The molecule has 0 bridgehead atoms. The molecule has 0 unspecified atom stereocenters. The average Bonchev–Trinajstić information content (AvgIpc) is 3.25. The van der Waals surface area contributed by atoms with E-state index in [4.69, 9.17) is 10.5 Å². The van der Waals surface area contributed by atoms with Crippen molar-refractivity contribution < 1.29 is 14.3 Å². The van der Waals surface area contributed by atoms with Gasteiger partial charge in [-0.3, -0.25) is 9.59 Å². The zero-order valence-corrected chi connectivity index (χ0v) is 13.9. The molecule has 2 fully saturated rings. The maximum absolute atomic E-state index is 13.0. The van der Waals surface area contributed by atoms with Crippen LogP contribution < -0.4 is 5.73 Å². The third-order valence-corrected chi connectivity index (χ3v) is 5.57. The molecule has 0 saturated carbocycles. The van der Waals surface area contributed by atoms with Gasteiger partial charge in [-0.15, -0.1) is 0 Å². The van der Waals surface area contributed by atoms with E-state index in [1.807, 2.05) is 16.7 Å². The zero-order chi connectivity index (χ0) is 16.2. The van der Waals surface area contributed by atoms with Crippen molar-refractivity contribution in [1.82, 2.24) is 4.90 Å². The smallest absolute Gasteiger partial charge is 0.254 e. The van der Waals surface area contributed by atoms with Gasteiger partial charge in [-0.2, -0.15) is 11.8 Å². The van der Waals surface area contributed by atoms with E-state index >= 15 is 0 Å². The Morgan fingerprint density at radius 2 is 2.13 bits per heavy atom. The quantitative estimate of drug-likeness (QED) is 0.893. The Labute approximate surface area is 140 Å². The number of ether oxygens (including phenoxy) is 1. The van der Waals surface area contributed by atoms with Crippen molar-refractivity contribution in [2.24, 2.45) is 5.73 Å². The number of carbonyl (C=O) groups is 2. The number of amides is 2. The molecule has 3 rings (SSSR count). The molecule has 5 nitrogen and oxygen atoms in total. The highest BCUT2D eigenvalue weighted by Crippen LogP contribution is 2.26. The number of rotatable bonds is 5. The summed E-state index contributed by atoms with van der Waals surface area (Å²) in [5.74, 6) is 1.51. The van der Waals surface area contributed by atoms with E-state index in [0.717, 1.165) is 37.4 Å². The first kappa shape index (κ1) is 16.3. The van der Waals surface area contributed by atoms with Crippen molar-refractivity contribution >= 4 is 23.6 Å². The maximum Gasteiger partial charge on any atom is 0.254 e. The molecule has 0 aliphatic carbocycles. The van der Waals surface area contributed by atoms with Crippen molar-refractivity contribution in [2.75, 3.05) is 24.7 Å². The highest BCUT2D eigenvalue weighted by atomic mass is 32.2. The highest BCUT2D eigenvalue weighted by molar-refractivity contribution is 7.99. The Morgan fingerprint density at radius 1 is 1.30 bits per heavy atom. The predicted octanol–water partition coefficient (Wildman–Crippen LogP) is 1.91. The molecule has 2 atom stereocenters. The minimum atomic E-state index is -0.512. The van der Waals surface area contributed by atoms with Gasteiger partial charge in [-0.25, -0.2) is 0 Å². The number of nitrogens with two attached hydrogens (primary N) is 1. The Bertz CT molecular complexity index is 581. The second-order valence-corrected chi connectivity index (χ2v) is 7.20. The normalized spacial score (nSPS) is 23.8. The predicted molar refractivity (Wildman–Crippen MR) is 90.7 cm³/mol. The van der Waals surface area contributed by atoms with Crippen molar-refractivity contribution in [3.63, 3.8) is 0 Å². The number of hydrogen-bond donors (Lipinski definition) is 1. The lowest BCUT2D eigenvalue weighted by Crippen LogP contribution is -2.44. The first-order valence-corrected chi connectivity index (χ1v) is 9.21. The zero-order valence-electron chi connectivity index (χ0n) is 13.1. The summed E-state index contributed by atoms with van der Waals surface area (Å²) < 4.78 is 5.72. The summed E-state index contributed by atoms with van der Waals surface area (Å²) in [5.41, 5.74) is 6.22. The summed E-state index contributed by atoms with van der Waals surface area (Å²) in [4.78, 5) is 26.3. The summed E-state index contributed by atoms with van der Waals surface area (Å²) in [6.45, 7) is 1.41. The van der Waals surface area contributed by atoms with Gasteiger partial charge >= 0.3 is 0 Å². The van der Waals surface area contributed by atoms with Gasteiger partial charge in [-0.05, 0) is 43.2 Å². The van der Waals surface area contributed by atoms with Gasteiger partial charge in [0.05, 0.1) is 6.10 Å². The monoisotopic (exact) mass is 334 g/mol. The number of nitrogens with zero attached hydrogens (tertiary/aromatic N) is 1. The summed E-state index contributed by atoms with van der Waals surface area (Å²) in [5, 5.41) is 0. The van der Waals surface area contributed by atoms with Gasteiger partial charge in [0.25, 0.3) is 5.91 Å². The Hall–Kier alpha value is -1.53. The number of thioether (sulfide) groups is 1. The lowest BCUT2D eigenvalue weighted by Gasteiger charge is -2.31. The van der Waals surface area contributed by atoms with E-state index in [-0.39, 0.29) is 18.1 Å². The largest absolute Gasteiger partial charge is 0.376 e. The van der Waals surface area contributed by atoms with Crippen molar-refractivity contribution in [3.8, 4) is 0 Å². The first-order chi connectivity index (χ1) is 11.1. The highest BCUT2D eigenvalue weighted by Gasteiger charge is 2.31. The molecule has 2 N–H and O–H groups in total. The lowest BCUT2D eigenvalue weighted by atomic mass is 10.1. The third kappa shape index (κ3) is 3.87. The van der Waals surface area contributed by atoms with Crippen LogP contribution in [0.3, 0.4) is 0 Å². The van der Waals surface area contributed by atoms with Crippen LogP contribution in [-0.2, 0) is 4.74 Å². The minimum absolute atomic E-state index is 0.0314. The molecule has 0 radical (unpaired) electrons. The van der Waals surface area contributed by atoms with Gasteiger partial charge in [0.1, 0.15) is 0 Å². The van der Waals surface area contributed by atoms with Gasteiger partial charge < -0.3 is 15.4 Å². The fraction of sp³-hybridized carbons (Fsp3) is 0.529. The van der Waals surface area contributed by atoms with E-state index in [1.54, 1.807) is 24.3 Å². The van der Waals surface area contributed by atoms with E-state index < -0.39 is 5.91 Å². The van der Waals surface area contributed by atoms with Crippen LogP contribution >= 0.6 is 11.8 Å². The molecule has 1 aromatic rings. The van der Waals surface area contributed by atoms with Crippen LogP contribution in [0.2, 0.25) is 0 Å². The van der Waals surface area contributed by atoms with Gasteiger partial charge in [0.15, 0.2) is 0 Å². The van der Waals surface area contributed by atoms with Crippen LogP contribution in [0.25, 0.3) is 0 Å². The molecule has 2 aliphatic rings. The molecular formula is C17H22N2O3S. The molecule has 2 saturated heterocycles. The molecule has 0 aromatic heterocycles. The Balaban J connectivity index is 1.80. The second kappa shape index (κ2) is 7.36. The number of hydrogen-bond acceptors (Lipinski definition) is 4. The van der Waals surface area contributed by atoms with Gasteiger partial charge in [-0.1, -0.05) is 6.07 Å². The van der Waals surface area contributed by atoms with Gasteiger partial charge in [0, 0.05) is 36.1 Å². The molecule has 23 heavy (non-hydrogen) atoms. The topological polar surface area (TPSA) is 72.6 Å². The second-order valence-electron chi connectivity index (χ2n) is 6.06. The Kier molecular flexibility index (Phi) is 5.23. The van der Waals surface area contributed by atoms with Gasteiger partial charge in [0.2, 0.25) is 5.91 Å². The molecule has 124 valence electrons. The minimum Gasteiger partial charge on any atom is -0.376 e. The third-order valence-electron chi connectivity index (χ3n) is 4.43. The number of primary amides is 1. The van der Waals surface area contributed by atoms with Crippen LogP contribution in [0, 0.1) is 0 Å². The molecule has 0 spiro atoms. The van der Waals surface area contributed by atoms with E-state index in [9.17, 15) is 9.59 Å². The first-order valence-electron chi connectivity index (χ1n) is 8.05. The Morgan fingerprint density at radius 3 is 2.78 bits per heavy atom. The van der Waals surface area contributed by atoms with Crippen LogP contribution in [0.5, 0.6) is 0 Å². The fourth-order valence-electron chi connectivity index (χ4n) is 3.14. The van der Waals surface area contributed by atoms with Crippen LogP contribution in [0.15, 0.2) is 24.3 Å². The molecule has 2 heterocycles. The number of carbonyl (C=O) groups excluding carboxylic acids is 2. The fourth-order valence-corrected chi connectivity index (χ4v) is 4.37.